The van der Waals surface area contributed by atoms with Crippen LogP contribution in [0.5, 0.6) is 0 Å². The van der Waals surface area contributed by atoms with Crippen LogP contribution >= 0.6 is 23.2 Å². The monoisotopic (exact) mass is 434 g/mol. The van der Waals surface area contributed by atoms with E-state index in [1.807, 2.05) is 4.57 Å². The van der Waals surface area contributed by atoms with Gasteiger partial charge in [0.1, 0.15) is 11.9 Å². The average Bonchev–Trinajstić information content (AvgIpc) is 3.15. The van der Waals surface area contributed by atoms with Crippen molar-refractivity contribution in [3.05, 3.63) is 57.8 Å². The molecular formula is C18H13Cl2FN6O2. The number of halogens is 3. The van der Waals surface area contributed by atoms with Crippen molar-refractivity contribution in [1.82, 2.24) is 29.6 Å². The molecule has 1 amide bonds. The summed E-state index contributed by atoms with van der Waals surface area (Å²) >= 11 is 12.0. The molecule has 1 aromatic carbocycles. The number of fused-ring (bicyclic) bond motifs is 4. The third-order valence-corrected chi connectivity index (χ3v) is 5.91. The summed E-state index contributed by atoms with van der Waals surface area (Å²) in [6, 6.07) is 3.43. The zero-order chi connectivity index (χ0) is 20.1. The van der Waals surface area contributed by atoms with E-state index in [9.17, 15) is 9.18 Å². The smallest absolute Gasteiger partial charge is 0.256 e. The van der Waals surface area contributed by atoms with E-state index in [0.29, 0.717) is 30.6 Å². The Hall–Kier alpha value is -2.62. The van der Waals surface area contributed by atoms with E-state index in [1.165, 1.54) is 6.07 Å². The van der Waals surface area contributed by atoms with Crippen LogP contribution < -0.4 is 0 Å². The van der Waals surface area contributed by atoms with Crippen molar-refractivity contribution in [3.63, 3.8) is 0 Å². The van der Waals surface area contributed by atoms with Gasteiger partial charge in [-0.15, -0.1) is 10.2 Å². The number of carbonyl (C=O) groups excluding carboxylic acids is 1. The van der Waals surface area contributed by atoms with Gasteiger partial charge in [-0.3, -0.25) is 4.79 Å². The molecule has 148 valence electrons. The molecule has 2 bridgehead atoms. The highest BCUT2D eigenvalue weighted by Gasteiger charge is 2.44. The number of ether oxygens (including phenoxy) is 1. The van der Waals surface area contributed by atoms with E-state index >= 15 is 0 Å². The molecule has 3 aromatic rings. The number of rotatable bonds is 2. The summed E-state index contributed by atoms with van der Waals surface area (Å²) in [5.41, 5.74) is 0.134. The van der Waals surface area contributed by atoms with Crippen molar-refractivity contribution in [2.45, 2.75) is 18.6 Å². The highest BCUT2D eigenvalue weighted by Crippen LogP contribution is 2.37. The van der Waals surface area contributed by atoms with Crippen LogP contribution in [0.1, 0.15) is 22.2 Å². The molecule has 0 unspecified atom stereocenters. The topological polar surface area (TPSA) is 86.0 Å². The molecule has 11 heteroatoms. The molecule has 0 N–H and O–H groups in total. The predicted octanol–water partition coefficient (Wildman–Crippen LogP) is 2.78. The summed E-state index contributed by atoms with van der Waals surface area (Å²) in [6.45, 7) is 0.995. The fourth-order valence-electron chi connectivity index (χ4n) is 3.74. The maximum Gasteiger partial charge on any atom is 0.256 e. The van der Waals surface area contributed by atoms with Gasteiger partial charge in [0.2, 0.25) is 5.82 Å². The van der Waals surface area contributed by atoms with E-state index in [4.69, 9.17) is 27.9 Å². The van der Waals surface area contributed by atoms with Crippen LogP contribution in [-0.4, -0.2) is 54.8 Å². The Balaban J connectivity index is 1.56. The number of amides is 1. The van der Waals surface area contributed by atoms with Crippen LogP contribution in [0.3, 0.4) is 0 Å². The second-order valence-electron chi connectivity index (χ2n) is 6.71. The van der Waals surface area contributed by atoms with Crippen molar-refractivity contribution in [1.29, 1.82) is 0 Å². The molecule has 4 heterocycles. The first-order valence-electron chi connectivity index (χ1n) is 8.80. The molecule has 2 atom stereocenters. The molecule has 2 aliphatic rings. The lowest BCUT2D eigenvalue weighted by Crippen LogP contribution is -2.56. The number of morpholine rings is 1. The highest BCUT2D eigenvalue weighted by atomic mass is 35.5. The van der Waals surface area contributed by atoms with E-state index in [1.54, 1.807) is 23.4 Å². The second kappa shape index (κ2) is 7.01. The van der Waals surface area contributed by atoms with Gasteiger partial charge in [0.15, 0.2) is 11.6 Å². The van der Waals surface area contributed by atoms with Crippen LogP contribution in [0, 0.1) is 5.82 Å². The molecular weight excluding hydrogens is 422 g/mol. The van der Waals surface area contributed by atoms with Gasteiger partial charge in [0.25, 0.3) is 5.91 Å². The average molecular weight is 435 g/mol. The Morgan fingerprint density at radius 2 is 1.93 bits per heavy atom. The lowest BCUT2D eigenvalue weighted by molar-refractivity contribution is -0.0569. The fraction of sp³-hybridized carbons (Fsp3) is 0.278. The maximum absolute atomic E-state index is 13.7. The predicted molar refractivity (Wildman–Crippen MR) is 101 cm³/mol. The van der Waals surface area contributed by atoms with Crippen LogP contribution in [-0.2, 0) is 11.3 Å². The summed E-state index contributed by atoms with van der Waals surface area (Å²) in [5, 5.41) is 8.12. The Kier molecular flexibility index (Phi) is 4.45. The number of benzene rings is 1. The summed E-state index contributed by atoms with van der Waals surface area (Å²) in [6.07, 6.45) is 3.26. The first kappa shape index (κ1) is 18.4. The summed E-state index contributed by atoms with van der Waals surface area (Å²) in [4.78, 5) is 23.5. The van der Waals surface area contributed by atoms with E-state index in [0.717, 1.165) is 6.07 Å². The van der Waals surface area contributed by atoms with Crippen molar-refractivity contribution in [2.24, 2.45) is 0 Å². The molecule has 0 saturated carbocycles. The Bertz CT molecular complexity index is 1110. The third-order valence-electron chi connectivity index (χ3n) is 5.05. The number of aromatic nitrogens is 5. The Morgan fingerprint density at radius 3 is 2.72 bits per heavy atom. The van der Waals surface area contributed by atoms with Crippen LogP contribution in [0.15, 0.2) is 30.6 Å². The SMILES string of the molecule is O=C(c1ccc(F)c(Cl)c1Cl)N1[C@H]2COC[C@@H]1c1nnc(-c3ncccn3)n1C2. The van der Waals surface area contributed by atoms with Crippen LogP contribution in [0.4, 0.5) is 4.39 Å². The largest absolute Gasteiger partial charge is 0.377 e. The molecule has 1 fully saturated rings. The van der Waals surface area contributed by atoms with Crippen molar-refractivity contribution in [2.75, 3.05) is 13.2 Å². The summed E-state index contributed by atoms with van der Waals surface area (Å²) in [7, 11) is 0. The minimum absolute atomic E-state index is 0.110. The Morgan fingerprint density at radius 1 is 1.14 bits per heavy atom. The molecule has 2 aliphatic heterocycles. The molecule has 1 saturated heterocycles. The number of hydrogen-bond donors (Lipinski definition) is 0. The minimum atomic E-state index is -0.678. The molecule has 0 radical (unpaired) electrons. The molecule has 0 spiro atoms. The number of hydrogen-bond acceptors (Lipinski definition) is 6. The van der Waals surface area contributed by atoms with Crippen LogP contribution in [0.25, 0.3) is 11.6 Å². The quantitative estimate of drug-likeness (QED) is 0.576. The standard InChI is InChI=1S/C18H13Cl2FN6O2/c19-13-10(2-3-11(21)14(13)20)18(28)27-9-6-26-16(12(27)8-29-7-9)24-25-17(26)15-22-4-1-5-23-15/h1-5,9,12H,6-8H2/t9-,12-/m1/s1. The maximum atomic E-state index is 13.7. The molecule has 8 nitrogen and oxygen atoms in total. The van der Waals surface area contributed by atoms with Gasteiger partial charge in [-0.1, -0.05) is 23.2 Å². The van der Waals surface area contributed by atoms with Crippen LogP contribution in [0.2, 0.25) is 10.0 Å². The van der Waals surface area contributed by atoms with Gasteiger partial charge in [-0.25, -0.2) is 14.4 Å². The molecule has 29 heavy (non-hydrogen) atoms. The van der Waals surface area contributed by atoms with Gasteiger partial charge in [-0.05, 0) is 18.2 Å². The van der Waals surface area contributed by atoms with Crippen molar-refractivity contribution < 1.29 is 13.9 Å². The normalized spacial score (nSPS) is 20.4. The first-order valence-corrected chi connectivity index (χ1v) is 9.56. The summed E-state index contributed by atoms with van der Waals surface area (Å²) in [5.74, 6) is 0.525. The fourth-order valence-corrected chi connectivity index (χ4v) is 4.14. The van der Waals surface area contributed by atoms with Crippen molar-refractivity contribution >= 4 is 29.1 Å². The van der Waals surface area contributed by atoms with Crippen molar-refractivity contribution in [3.8, 4) is 11.6 Å². The molecule has 0 aliphatic carbocycles. The lowest BCUT2D eigenvalue weighted by atomic mass is 10.0. The number of nitrogens with zero attached hydrogens (tertiary/aromatic N) is 6. The van der Waals surface area contributed by atoms with Gasteiger partial charge in [0, 0.05) is 18.9 Å². The van der Waals surface area contributed by atoms with E-state index in [-0.39, 0.29) is 34.2 Å². The molecule has 5 rings (SSSR count). The molecule has 2 aromatic heterocycles. The highest BCUT2D eigenvalue weighted by molar-refractivity contribution is 6.44. The van der Waals surface area contributed by atoms with Gasteiger partial charge < -0.3 is 14.2 Å². The summed E-state index contributed by atoms with van der Waals surface area (Å²) < 4.78 is 21.2. The first-order chi connectivity index (χ1) is 14.1. The zero-order valence-electron chi connectivity index (χ0n) is 14.8. The van der Waals surface area contributed by atoms with E-state index < -0.39 is 11.9 Å². The number of carbonyl (C=O) groups is 1. The van der Waals surface area contributed by atoms with Gasteiger partial charge >= 0.3 is 0 Å². The van der Waals surface area contributed by atoms with Gasteiger partial charge in [0.05, 0.1) is 34.9 Å². The van der Waals surface area contributed by atoms with Gasteiger partial charge in [-0.2, -0.15) is 0 Å². The van der Waals surface area contributed by atoms with E-state index in [2.05, 4.69) is 20.2 Å². The minimum Gasteiger partial charge on any atom is -0.377 e. The zero-order valence-corrected chi connectivity index (χ0v) is 16.3. The second-order valence-corrected chi connectivity index (χ2v) is 7.46. The lowest BCUT2D eigenvalue weighted by Gasteiger charge is -2.45. The third kappa shape index (κ3) is 2.88. The Labute approximate surface area is 174 Å².